The number of rotatable bonds is 7. The molecule has 0 radical (unpaired) electrons. The summed E-state index contributed by atoms with van der Waals surface area (Å²) in [6.07, 6.45) is 2.92. The second-order valence-corrected chi connectivity index (χ2v) is 9.45. The summed E-state index contributed by atoms with van der Waals surface area (Å²) in [6.45, 7) is 1.40. The third kappa shape index (κ3) is 4.53. The van der Waals surface area contributed by atoms with Crippen LogP contribution in [0.25, 0.3) is 21.8 Å². The molecule has 1 aliphatic heterocycles. The number of amides is 1. The Morgan fingerprint density at radius 1 is 1.09 bits per heavy atom. The minimum absolute atomic E-state index is 0.0856. The maximum absolute atomic E-state index is 12.4. The zero-order valence-corrected chi connectivity index (χ0v) is 18.9. The van der Waals surface area contributed by atoms with Crippen LogP contribution in [0.15, 0.2) is 70.1 Å². The van der Waals surface area contributed by atoms with E-state index in [-0.39, 0.29) is 11.5 Å². The van der Waals surface area contributed by atoms with Gasteiger partial charge in [0.05, 0.1) is 10.6 Å². The number of anilines is 1. The van der Waals surface area contributed by atoms with E-state index in [4.69, 9.17) is 0 Å². The topological polar surface area (TPSA) is 81.8 Å². The molecule has 4 heterocycles. The molecule has 0 unspecified atom stereocenters. The van der Waals surface area contributed by atoms with Gasteiger partial charge in [0.1, 0.15) is 5.69 Å². The molecular weight excluding hydrogens is 442 g/mol. The van der Waals surface area contributed by atoms with Crippen LogP contribution in [0, 0.1) is 0 Å². The highest BCUT2D eigenvalue weighted by Crippen LogP contribution is 2.29. The first-order valence-electron chi connectivity index (χ1n) is 10.4. The molecule has 162 valence electrons. The summed E-state index contributed by atoms with van der Waals surface area (Å²) in [5, 5.41) is 10.4. The minimum Gasteiger partial charge on any atom is -0.326 e. The molecule has 0 fully saturated rings. The van der Waals surface area contributed by atoms with E-state index in [1.165, 1.54) is 10.7 Å². The summed E-state index contributed by atoms with van der Waals surface area (Å²) < 4.78 is 3.60. The maximum atomic E-state index is 12.4. The molecule has 0 bridgehead atoms. The predicted molar refractivity (Wildman–Crippen MR) is 128 cm³/mol. The molecule has 1 N–H and O–H groups in total. The minimum atomic E-state index is -0.162. The summed E-state index contributed by atoms with van der Waals surface area (Å²) in [6, 6.07) is 14.9. The highest BCUT2D eigenvalue weighted by molar-refractivity contribution is 7.99. The summed E-state index contributed by atoms with van der Waals surface area (Å²) in [7, 11) is 0. The summed E-state index contributed by atoms with van der Waals surface area (Å²) in [4.78, 5) is 30.1. The van der Waals surface area contributed by atoms with E-state index in [2.05, 4.69) is 26.2 Å². The van der Waals surface area contributed by atoms with Gasteiger partial charge in [0.15, 0.2) is 5.16 Å². The van der Waals surface area contributed by atoms with Gasteiger partial charge in [-0.25, -0.2) is 9.67 Å². The van der Waals surface area contributed by atoms with Crippen LogP contribution in [0.2, 0.25) is 0 Å². The first-order valence-corrected chi connectivity index (χ1v) is 12.2. The van der Waals surface area contributed by atoms with E-state index in [0.717, 1.165) is 45.0 Å². The number of hydrogen-bond acceptors (Lipinski definition) is 6. The van der Waals surface area contributed by atoms with Crippen molar-refractivity contribution in [2.45, 2.75) is 31.1 Å². The van der Waals surface area contributed by atoms with Gasteiger partial charge in [-0.1, -0.05) is 30.0 Å². The smallest absolute Gasteiger partial charge is 0.266 e. The quantitative estimate of drug-likeness (QED) is 0.440. The average Bonchev–Trinajstić information content (AvgIpc) is 3.54. The number of imidazole rings is 1. The van der Waals surface area contributed by atoms with Crippen molar-refractivity contribution in [1.82, 2.24) is 19.3 Å². The van der Waals surface area contributed by atoms with Crippen LogP contribution in [-0.4, -0.2) is 31.0 Å². The van der Waals surface area contributed by atoms with Crippen LogP contribution < -0.4 is 10.9 Å². The lowest BCUT2D eigenvalue weighted by atomic mass is 10.1. The zero-order chi connectivity index (χ0) is 21.9. The van der Waals surface area contributed by atoms with E-state index in [1.54, 1.807) is 29.2 Å². The van der Waals surface area contributed by atoms with Gasteiger partial charge in [-0.2, -0.15) is 5.10 Å². The number of nitrogens with zero attached hydrogens (tertiary/aromatic N) is 4. The second kappa shape index (κ2) is 9.13. The van der Waals surface area contributed by atoms with E-state index < -0.39 is 0 Å². The van der Waals surface area contributed by atoms with Gasteiger partial charge in [-0.05, 0) is 36.1 Å². The SMILES string of the molecule is O=C(CCCn1nc(-c2cccs2)ccc1=O)Nc1ccc(-c2cn3c(n2)SCC3)cc1. The van der Waals surface area contributed by atoms with Gasteiger partial charge in [0, 0.05) is 48.8 Å². The number of carbonyl (C=O) groups is 1. The predicted octanol–water partition coefficient (Wildman–Crippen LogP) is 4.36. The number of aryl methyl sites for hydroxylation is 2. The Balaban J connectivity index is 1.15. The molecule has 32 heavy (non-hydrogen) atoms. The number of thioether (sulfide) groups is 1. The first-order chi connectivity index (χ1) is 15.7. The fourth-order valence-electron chi connectivity index (χ4n) is 3.55. The Labute approximate surface area is 193 Å². The van der Waals surface area contributed by atoms with E-state index in [1.807, 2.05) is 41.8 Å². The van der Waals surface area contributed by atoms with Gasteiger partial charge < -0.3 is 9.88 Å². The summed E-state index contributed by atoms with van der Waals surface area (Å²) >= 11 is 3.35. The lowest BCUT2D eigenvalue weighted by Gasteiger charge is -2.08. The van der Waals surface area contributed by atoms with Crippen molar-refractivity contribution in [3.63, 3.8) is 0 Å². The lowest BCUT2D eigenvalue weighted by molar-refractivity contribution is -0.116. The van der Waals surface area contributed by atoms with Crippen molar-refractivity contribution in [2.75, 3.05) is 11.1 Å². The maximum Gasteiger partial charge on any atom is 0.266 e. The number of hydrogen-bond donors (Lipinski definition) is 1. The third-order valence-corrected chi connectivity index (χ3v) is 7.04. The van der Waals surface area contributed by atoms with Gasteiger partial charge in [0.25, 0.3) is 5.56 Å². The van der Waals surface area contributed by atoms with Crippen molar-refractivity contribution in [2.24, 2.45) is 0 Å². The Kier molecular flexibility index (Phi) is 5.91. The molecule has 4 aromatic rings. The highest BCUT2D eigenvalue weighted by atomic mass is 32.2. The van der Waals surface area contributed by atoms with Crippen molar-refractivity contribution in [3.05, 3.63) is 70.5 Å². The van der Waals surface area contributed by atoms with Crippen molar-refractivity contribution in [1.29, 1.82) is 0 Å². The van der Waals surface area contributed by atoms with Gasteiger partial charge in [0.2, 0.25) is 5.91 Å². The Hall–Kier alpha value is -3.17. The largest absolute Gasteiger partial charge is 0.326 e. The molecule has 0 saturated carbocycles. The molecule has 0 spiro atoms. The fraction of sp³-hybridized carbons (Fsp3) is 0.217. The fourth-order valence-corrected chi connectivity index (χ4v) is 5.18. The van der Waals surface area contributed by atoms with Crippen LogP contribution in [0.4, 0.5) is 5.69 Å². The Morgan fingerprint density at radius 2 is 1.97 bits per heavy atom. The van der Waals surface area contributed by atoms with Crippen LogP contribution in [0.3, 0.4) is 0 Å². The standard InChI is InChI=1S/C23H21N5O2S2/c29-21(4-1-11-28-22(30)10-9-18(26-28)20-3-2-13-31-20)24-17-7-5-16(6-8-17)19-15-27-12-14-32-23(27)25-19/h2-3,5-10,13,15H,1,4,11-12,14H2,(H,24,29). The molecule has 0 aliphatic carbocycles. The van der Waals surface area contributed by atoms with E-state index in [9.17, 15) is 9.59 Å². The average molecular weight is 464 g/mol. The lowest BCUT2D eigenvalue weighted by Crippen LogP contribution is -2.23. The summed E-state index contributed by atoms with van der Waals surface area (Å²) in [5.74, 6) is 0.996. The second-order valence-electron chi connectivity index (χ2n) is 7.44. The van der Waals surface area contributed by atoms with Crippen molar-refractivity contribution >= 4 is 34.7 Å². The highest BCUT2D eigenvalue weighted by Gasteiger charge is 2.15. The molecular formula is C23H21N5O2S2. The monoisotopic (exact) mass is 463 g/mol. The molecule has 5 rings (SSSR count). The van der Waals surface area contributed by atoms with Gasteiger partial charge >= 0.3 is 0 Å². The van der Waals surface area contributed by atoms with E-state index >= 15 is 0 Å². The van der Waals surface area contributed by atoms with Crippen LogP contribution in [0.5, 0.6) is 0 Å². The third-order valence-electron chi connectivity index (χ3n) is 5.18. The molecule has 1 amide bonds. The molecule has 3 aromatic heterocycles. The molecule has 0 atom stereocenters. The van der Waals surface area contributed by atoms with E-state index in [0.29, 0.717) is 19.4 Å². The number of nitrogens with one attached hydrogen (secondary N) is 1. The van der Waals surface area contributed by atoms with Crippen LogP contribution in [-0.2, 0) is 17.9 Å². The van der Waals surface area contributed by atoms with Gasteiger partial charge in [-0.15, -0.1) is 11.3 Å². The molecule has 9 heteroatoms. The first kappa shape index (κ1) is 20.7. The Morgan fingerprint density at radius 3 is 2.75 bits per heavy atom. The number of carbonyl (C=O) groups excluding carboxylic acids is 1. The molecule has 7 nitrogen and oxygen atoms in total. The number of thiophene rings is 1. The van der Waals surface area contributed by atoms with Crippen LogP contribution >= 0.6 is 23.1 Å². The van der Waals surface area contributed by atoms with Crippen LogP contribution in [0.1, 0.15) is 12.8 Å². The zero-order valence-electron chi connectivity index (χ0n) is 17.2. The van der Waals surface area contributed by atoms with Crippen molar-refractivity contribution < 1.29 is 4.79 Å². The normalized spacial score (nSPS) is 12.6. The molecule has 1 aliphatic rings. The molecule has 0 saturated heterocycles. The van der Waals surface area contributed by atoms with Gasteiger partial charge in [-0.3, -0.25) is 9.59 Å². The number of benzene rings is 1. The Bertz CT molecular complexity index is 1270. The number of fused-ring (bicyclic) bond motifs is 1. The van der Waals surface area contributed by atoms with Crippen molar-refractivity contribution in [3.8, 4) is 21.8 Å². The summed E-state index contributed by atoms with van der Waals surface area (Å²) in [5.41, 5.74) is 3.33. The molecule has 1 aromatic carbocycles. The number of aromatic nitrogens is 4.